The lowest BCUT2D eigenvalue weighted by Crippen LogP contribution is -1.93. The van der Waals surface area contributed by atoms with E-state index in [2.05, 4.69) is 10.3 Å². The van der Waals surface area contributed by atoms with E-state index in [4.69, 9.17) is 0 Å². The molecule has 90 valence electrons. The standard InChI is InChI=1S/C14H11N3.BrH/c1-3-7-12(8-4-1)14-11-17(16-15-14)13-9-5-2-6-10-13;/h1-11H;1H. The summed E-state index contributed by atoms with van der Waals surface area (Å²) in [4.78, 5) is 0. The van der Waals surface area contributed by atoms with E-state index in [0.717, 1.165) is 16.9 Å². The summed E-state index contributed by atoms with van der Waals surface area (Å²) < 4.78 is 1.78. The summed E-state index contributed by atoms with van der Waals surface area (Å²) in [6.07, 6.45) is 1.94. The Balaban J connectivity index is 0.00000120. The average Bonchev–Trinajstić information content (AvgIpc) is 2.90. The van der Waals surface area contributed by atoms with Gasteiger partial charge in [0, 0.05) is 5.56 Å². The summed E-state index contributed by atoms with van der Waals surface area (Å²) >= 11 is 0. The molecule has 0 amide bonds. The van der Waals surface area contributed by atoms with Gasteiger partial charge < -0.3 is 0 Å². The van der Waals surface area contributed by atoms with Gasteiger partial charge in [0.15, 0.2) is 0 Å². The van der Waals surface area contributed by atoms with Gasteiger partial charge in [-0.25, -0.2) is 4.68 Å². The van der Waals surface area contributed by atoms with Gasteiger partial charge in [0.05, 0.1) is 11.9 Å². The molecule has 1 heterocycles. The summed E-state index contributed by atoms with van der Waals surface area (Å²) in [5, 5.41) is 8.31. The maximum atomic E-state index is 4.18. The van der Waals surface area contributed by atoms with E-state index >= 15 is 0 Å². The van der Waals surface area contributed by atoms with Gasteiger partial charge in [-0.2, -0.15) is 0 Å². The third kappa shape index (κ3) is 2.49. The van der Waals surface area contributed by atoms with Gasteiger partial charge >= 0.3 is 0 Å². The van der Waals surface area contributed by atoms with Crippen molar-refractivity contribution in [3.05, 3.63) is 66.9 Å². The third-order valence-electron chi connectivity index (χ3n) is 2.58. The van der Waals surface area contributed by atoms with E-state index in [-0.39, 0.29) is 17.0 Å². The monoisotopic (exact) mass is 301 g/mol. The van der Waals surface area contributed by atoms with Gasteiger partial charge in [0.2, 0.25) is 0 Å². The molecule has 3 nitrogen and oxygen atoms in total. The summed E-state index contributed by atoms with van der Waals surface area (Å²) in [7, 11) is 0. The molecule has 0 saturated carbocycles. The molecular weight excluding hydrogens is 290 g/mol. The van der Waals surface area contributed by atoms with Gasteiger partial charge in [0.1, 0.15) is 5.69 Å². The highest BCUT2D eigenvalue weighted by atomic mass is 79.9. The van der Waals surface area contributed by atoms with Crippen LogP contribution in [-0.2, 0) is 0 Å². The van der Waals surface area contributed by atoms with Crippen molar-refractivity contribution in [3.63, 3.8) is 0 Å². The normalized spacial score (nSPS) is 9.78. The van der Waals surface area contributed by atoms with E-state index in [1.54, 1.807) is 4.68 Å². The first-order chi connectivity index (χ1) is 8.43. The molecule has 0 aliphatic carbocycles. The number of halogens is 1. The predicted octanol–water partition coefficient (Wildman–Crippen LogP) is 3.51. The molecule has 18 heavy (non-hydrogen) atoms. The van der Waals surface area contributed by atoms with Gasteiger partial charge in [0.25, 0.3) is 0 Å². The molecule has 0 spiro atoms. The molecule has 0 unspecified atom stereocenters. The van der Waals surface area contributed by atoms with E-state index < -0.39 is 0 Å². The van der Waals surface area contributed by atoms with Crippen molar-refractivity contribution in [2.24, 2.45) is 0 Å². The second kappa shape index (κ2) is 5.60. The zero-order valence-electron chi connectivity index (χ0n) is 9.60. The molecule has 0 aliphatic heterocycles. The number of hydrogen-bond donors (Lipinski definition) is 0. The Morgan fingerprint density at radius 1 is 0.778 bits per heavy atom. The minimum Gasteiger partial charge on any atom is -0.220 e. The van der Waals surface area contributed by atoms with Crippen LogP contribution < -0.4 is 0 Å². The minimum absolute atomic E-state index is 0. The quantitative estimate of drug-likeness (QED) is 0.725. The maximum absolute atomic E-state index is 4.18. The van der Waals surface area contributed by atoms with Crippen LogP contribution in [0.4, 0.5) is 0 Å². The van der Waals surface area contributed by atoms with Crippen LogP contribution in [0.15, 0.2) is 66.9 Å². The van der Waals surface area contributed by atoms with Crippen LogP contribution in [0, 0.1) is 0 Å². The molecule has 2 aromatic carbocycles. The Labute approximate surface area is 116 Å². The summed E-state index contributed by atoms with van der Waals surface area (Å²) in [6, 6.07) is 20.0. The second-order valence-corrected chi connectivity index (χ2v) is 3.75. The van der Waals surface area contributed by atoms with Gasteiger partial charge in [-0.15, -0.1) is 22.1 Å². The van der Waals surface area contributed by atoms with Crippen LogP contribution in [0.5, 0.6) is 0 Å². The van der Waals surface area contributed by atoms with Crippen molar-refractivity contribution in [2.45, 2.75) is 0 Å². The fraction of sp³-hybridized carbons (Fsp3) is 0. The summed E-state index contributed by atoms with van der Waals surface area (Å²) in [6.45, 7) is 0. The maximum Gasteiger partial charge on any atom is 0.113 e. The highest BCUT2D eigenvalue weighted by Crippen LogP contribution is 2.16. The minimum atomic E-state index is 0. The van der Waals surface area contributed by atoms with Gasteiger partial charge in [-0.3, -0.25) is 0 Å². The fourth-order valence-electron chi connectivity index (χ4n) is 1.71. The van der Waals surface area contributed by atoms with Gasteiger partial charge in [-0.05, 0) is 12.1 Å². The molecular formula is C14H12BrN3. The van der Waals surface area contributed by atoms with Crippen LogP contribution in [0.1, 0.15) is 0 Å². The van der Waals surface area contributed by atoms with E-state index in [1.165, 1.54) is 0 Å². The zero-order valence-corrected chi connectivity index (χ0v) is 11.3. The van der Waals surface area contributed by atoms with E-state index in [9.17, 15) is 0 Å². The number of benzene rings is 2. The largest absolute Gasteiger partial charge is 0.220 e. The lowest BCUT2D eigenvalue weighted by Gasteiger charge is -1.97. The second-order valence-electron chi connectivity index (χ2n) is 3.75. The molecule has 0 N–H and O–H groups in total. The molecule has 0 saturated heterocycles. The van der Waals surface area contributed by atoms with E-state index in [1.807, 2.05) is 66.9 Å². The lowest BCUT2D eigenvalue weighted by atomic mass is 10.2. The van der Waals surface area contributed by atoms with Crippen LogP contribution >= 0.6 is 17.0 Å². The number of hydrogen-bond acceptors (Lipinski definition) is 2. The van der Waals surface area contributed by atoms with Crippen LogP contribution in [0.25, 0.3) is 16.9 Å². The molecule has 0 bridgehead atoms. The van der Waals surface area contributed by atoms with Crippen LogP contribution in [-0.4, -0.2) is 15.0 Å². The van der Waals surface area contributed by atoms with Crippen molar-refractivity contribution >= 4 is 17.0 Å². The fourth-order valence-corrected chi connectivity index (χ4v) is 1.71. The molecule has 0 atom stereocenters. The van der Waals surface area contributed by atoms with Crippen molar-refractivity contribution in [1.82, 2.24) is 15.0 Å². The first kappa shape index (κ1) is 12.5. The lowest BCUT2D eigenvalue weighted by molar-refractivity contribution is 0.804. The number of para-hydroxylation sites is 1. The number of aromatic nitrogens is 3. The summed E-state index contributed by atoms with van der Waals surface area (Å²) in [5.74, 6) is 0. The van der Waals surface area contributed by atoms with Crippen molar-refractivity contribution in [1.29, 1.82) is 0 Å². The highest BCUT2D eigenvalue weighted by Gasteiger charge is 2.03. The number of nitrogens with zero attached hydrogens (tertiary/aromatic N) is 3. The SMILES string of the molecule is Br.c1ccc(-c2cn(-c3ccccc3)nn2)cc1. The molecule has 0 radical (unpaired) electrons. The molecule has 3 aromatic rings. The average molecular weight is 302 g/mol. The highest BCUT2D eigenvalue weighted by molar-refractivity contribution is 8.93. The van der Waals surface area contributed by atoms with Gasteiger partial charge in [-0.1, -0.05) is 53.7 Å². The Morgan fingerprint density at radius 3 is 2.06 bits per heavy atom. The first-order valence-corrected chi connectivity index (χ1v) is 5.47. The van der Waals surface area contributed by atoms with E-state index in [0.29, 0.717) is 0 Å². The van der Waals surface area contributed by atoms with Crippen molar-refractivity contribution in [2.75, 3.05) is 0 Å². The summed E-state index contributed by atoms with van der Waals surface area (Å²) in [5.41, 5.74) is 2.98. The topological polar surface area (TPSA) is 30.7 Å². The Hall–Kier alpha value is -1.94. The Bertz CT molecular complexity index is 551. The van der Waals surface area contributed by atoms with Crippen LogP contribution in [0.3, 0.4) is 0 Å². The first-order valence-electron chi connectivity index (χ1n) is 5.47. The zero-order chi connectivity index (χ0) is 11.5. The molecule has 0 aliphatic rings. The predicted molar refractivity (Wildman–Crippen MR) is 77.1 cm³/mol. The van der Waals surface area contributed by atoms with Crippen LogP contribution in [0.2, 0.25) is 0 Å². The van der Waals surface area contributed by atoms with Crippen molar-refractivity contribution in [3.8, 4) is 16.9 Å². The number of rotatable bonds is 2. The third-order valence-corrected chi connectivity index (χ3v) is 2.58. The molecule has 3 rings (SSSR count). The smallest absolute Gasteiger partial charge is 0.113 e. The Morgan fingerprint density at radius 2 is 1.39 bits per heavy atom. The van der Waals surface area contributed by atoms with Crippen molar-refractivity contribution < 1.29 is 0 Å². The molecule has 1 aromatic heterocycles. The molecule has 0 fully saturated rings. The Kier molecular flexibility index (Phi) is 3.89. The molecule has 4 heteroatoms.